The summed E-state index contributed by atoms with van der Waals surface area (Å²) in [5.41, 5.74) is 5.19. The molecule has 30 heavy (non-hydrogen) atoms. The number of carbonyl (C=O) groups is 3. The van der Waals surface area contributed by atoms with Gasteiger partial charge in [-0.15, -0.1) is 0 Å². The molecule has 8 heteroatoms. The largest absolute Gasteiger partial charge is 0.324 e. The first kappa shape index (κ1) is 19.8. The van der Waals surface area contributed by atoms with Gasteiger partial charge < -0.3 is 5.32 Å². The zero-order chi connectivity index (χ0) is 21.6. The van der Waals surface area contributed by atoms with E-state index in [1.807, 2.05) is 52.0 Å². The predicted molar refractivity (Wildman–Crippen MR) is 112 cm³/mol. The van der Waals surface area contributed by atoms with Crippen LogP contribution in [0.4, 0.5) is 11.4 Å². The Morgan fingerprint density at radius 2 is 1.67 bits per heavy atom. The summed E-state index contributed by atoms with van der Waals surface area (Å²) in [5, 5.41) is 12.1. The van der Waals surface area contributed by atoms with Crippen LogP contribution in [-0.2, 0) is 14.4 Å². The molecule has 1 fully saturated rings. The van der Waals surface area contributed by atoms with Gasteiger partial charge in [0.05, 0.1) is 5.69 Å². The number of nitrogens with one attached hydrogen (secondary N) is 1. The Morgan fingerprint density at radius 1 is 0.967 bits per heavy atom. The molecule has 0 saturated carbocycles. The van der Waals surface area contributed by atoms with Crippen molar-refractivity contribution in [3.8, 4) is 0 Å². The van der Waals surface area contributed by atoms with E-state index in [1.54, 1.807) is 12.1 Å². The summed E-state index contributed by atoms with van der Waals surface area (Å²) in [4.78, 5) is 39.7. The highest BCUT2D eigenvalue weighted by Gasteiger charge is 2.55. The van der Waals surface area contributed by atoms with E-state index < -0.39 is 23.9 Å². The number of nitrogens with zero attached hydrogens (tertiary/aromatic N) is 4. The van der Waals surface area contributed by atoms with Crippen LogP contribution in [0.3, 0.4) is 0 Å². The SMILES string of the molecule is Cc1ccc(N2C(=O)[C@@H]3[C@@H](N=NN3CC(=O)Nc3c(C)cccc3C)C2=O)cc1C. The lowest BCUT2D eigenvalue weighted by Gasteiger charge is -2.21. The molecule has 2 heterocycles. The van der Waals surface area contributed by atoms with E-state index in [0.29, 0.717) is 5.69 Å². The second kappa shape index (κ2) is 7.37. The van der Waals surface area contributed by atoms with Crippen LogP contribution in [0.1, 0.15) is 22.3 Å². The normalized spacial score (nSPS) is 20.1. The topological polar surface area (TPSA) is 94.4 Å². The number of hydrogen-bond donors (Lipinski definition) is 1. The van der Waals surface area contributed by atoms with Crippen molar-refractivity contribution >= 4 is 29.1 Å². The molecule has 2 aromatic rings. The Hall–Kier alpha value is -3.55. The van der Waals surface area contributed by atoms with E-state index in [2.05, 4.69) is 15.7 Å². The standard InChI is InChI=1S/C22H23N5O3/c1-12-8-9-16(10-15(12)4)27-21(29)19-20(22(27)30)26(25-24-19)11-17(28)23-18-13(2)6-5-7-14(18)3/h5-10,19-20H,11H2,1-4H3,(H,23,28)/t19-,20+/m1/s1. The molecule has 2 aromatic carbocycles. The Morgan fingerprint density at radius 3 is 2.33 bits per heavy atom. The van der Waals surface area contributed by atoms with E-state index in [-0.39, 0.29) is 12.5 Å². The number of benzene rings is 2. The van der Waals surface area contributed by atoms with Crippen LogP contribution in [0, 0.1) is 27.7 Å². The fourth-order valence-corrected chi connectivity index (χ4v) is 3.81. The van der Waals surface area contributed by atoms with E-state index in [9.17, 15) is 14.4 Å². The molecule has 2 aliphatic rings. The molecule has 0 aromatic heterocycles. The maximum absolute atomic E-state index is 13.1. The third-order valence-electron chi connectivity index (χ3n) is 5.66. The molecule has 1 N–H and O–H groups in total. The first-order valence-corrected chi connectivity index (χ1v) is 9.76. The number of fused-ring (bicyclic) bond motifs is 1. The summed E-state index contributed by atoms with van der Waals surface area (Å²) in [6.07, 6.45) is 0. The second-order valence-electron chi connectivity index (χ2n) is 7.79. The van der Waals surface area contributed by atoms with Gasteiger partial charge in [-0.2, -0.15) is 5.11 Å². The van der Waals surface area contributed by atoms with Crippen LogP contribution in [0.15, 0.2) is 46.7 Å². The number of imide groups is 1. The minimum absolute atomic E-state index is 0.168. The van der Waals surface area contributed by atoms with Crippen molar-refractivity contribution in [2.24, 2.45) is 10.3 Å². The van der Waals surface area contributed by atoms with Gasteiger partial charge in [-0.3, -0.25) is 19.4 Å². The number of para-hydroxylation sites is 1. The molecular formula is C22H23N5O3. The molecule has 0 bridgehead atoms. The molecule has 3 amide bonds. The first-order valence-electron chi connectivity index (χ1n) is 9.76. The van der Waals surface area contributed by atoms with Crippen molar-refractivity contribution < 1.29 is 14.4 Å². The lowest BCUT2D eigenvalue weighted by Crippen LogP contribution is -2.43. The minimum atomic E-state index is -0.924. The Bertz CT molecular complexity index is 1070. The monoisotopic (exact) mass is 405 g/mol. The number of rotatable bonds is 4. The number of carbonyl (C=O) groups excluding carboxylic acids is 3. The van der Waals surface area contributed by atoms with Crippen LogP contribution < -0.4 is 10.2 Å². The van der Waals surface area contributed by atoms with Gasteiger partial charge in [0.2, 0.25) is 5.91 Å². The van der Waals surface area contributed by atoms with E-state index in [4.69, 9.17) is 0 Å². The summed E-state index contributed by atoms with van der Waals surface area (Å²) >= 11 is 0. The summed E-state index contributed by atoms with van der Waals surface area (Å²) in [6, 6.07) is 9.34. The van der Waals surface area contributed by atoms with Gasteiger partial charge in [-0.05, 0) is 62.1 Å². The molecule has 0 unspecified atom stereocenters. The van der Waals surface area contributed by atoms with Gasteiger partial charge in [-0.1, -0.05) is 29.5 Å². The molecule has 0 aliphatic carbocycles. The van der Waals surface area contributed by atoms with Crippen LogP contribution in [0.25, 0.3) is 0 Å². The van der Waals surface area contributed by atoms with E-state index >= 15 is 0 Å². The molecule has 1 saturated heterocycles. The molecule has 0 radical (unpaired) electrons. The van der Waals surface area contributed by atoms with Gasteiger partial charge in [0.25, 0.3) is 11.8 Å². The van der Waals surface area contributed by atoms with Crippen molar-refractivity contribution in [2.75, 3.05) is 16.8 Å². The number of amides is 3. The third-order valence-corrected chi connectivity index (χ3v) is 5.66. The Labute approximate surface area is 174 Å². The highest BCUT2D eigenvalue weighted by atomic mass is 16.2. The lowest BCUT2D eigenvalue weighted by atomic mass is 10.1. The van der Waals surface area contributed by atoms with E-state index in [0.717, 1.165) is 32.8 Å². The second-order valence-corrected chi connectivity index (χ2v) is 7.79. The Kier molecular flexibility index (Phi) is 4.85. The summed E-state index contributed by atoms with van der Waals surface area (Å²) in [5.74, 6) is -1.16. The van der Waals surface area contributed by atoms with Crippen molar-refractivity contribution in [3.05, 3.63) is 58.7 Å². The van der Waals surface area contributed by atoms with Crippen molar-refractivity contribution in [3.63, 3.8) is 0 Å². The zero-order valence-corrected chi connectivity index (χ0v) is 17.3. The lowest BCUT2D eigenvalue weighted by molar-refractivity contribution is -0.123. The van der Waals surface area contributed by atoms with Crippen LogP contribution in [0.2, 0.25) is 0 Å². The fraction of sp³-hybridized carbons (Fsp3) is 0.318. The smallest absolute Gasteiger partial charge is 0.263 e. The predicted octanol–water partition coefficient (Wildman–Crippen LogP) is 2.85. The summed E-state index contributed by atoms with van der Waals surface area (Å²) in [7, 11) is 0. The number of anilines is 2. The number of hydrogen-bond acceptors (Lipinski definition) is 6. The average molecular weight is 405 g/mol. The molecule has 2 atom stereocenters. The summed E-state index contributed by atoms with van der Waals surface area (Å²) < 4.78 is 0. The van der Waals surface area contributed by atoms with Crippen LogP contribution in [-0.4, -0.2) is 41.4 Å². The maximum atomic E-state index is 13.1. The molecule has 154 valence electrons. The van der Waals surface area contributed by atoms with Gasteiger partial charge in [0.1, 0.15) is 6.54 Å². The van der Waals surface area contributed by atoms with Crippen molar-refractivity contribution in [1.82, 2.24) is 5.01 Å². The maximum Gasteiger partial charge on any atom is 0.263 e. The van der Waals surface area contributed by atoms with Crippen molar-refractivity contribution in [2.45, 2.75) is 39.8 Å². The Balaban J connectivity index is 1.52. The average Bonchev–Trinajstić information content (AvgIpc) is 3.21. The highest BCUT2D eigenvalue weighted by Crippen LogP contribution is 2.32. The molecular weight excluding hydrogens is 382 g/mol. The third kappa shape index (κ3) is 3.24. The van der Waals surface area contributed by atoms with Crippen molar-refractivity contribution in [1.29, 1.82) is 0 Å². The molecule has 0 spiro atoms. The van der Waals surface area contributed by atoms with Gasteiger partial charge in [-0.25, -0.2) is 4.90 Å². The molecule has 2 aliphatic heterocycles. The van der Waals surface area contributed by atoms with Gasteiger partial charge in [0, 0.05) is 5.69 Å². The quantitative estimate of drug-likeness (QED) is 0.792. The summed E-state index contributed by atoms with van der Waals surface area (Å²) in [6.45, 7) is 7.54. The zero-order valence-electron chi connectivity index (χ0n) is 17.3. The van der Waals surface area contributed by atoms with Gasteiger partial charge >= 0.3 is 0 Å². The molecule has 4 rings (SSSR count). The fourth-order valence-electron chi connectivity index (χ4n) is 3.81. The number of aryl methyl sites for hydroxylation is 4. The highest BCUT2D eigenvalue weighted by molar-refractivity contribution is 6.25. The van der Waals surface area contributed by atoms with Gasteiger partial charge in [0.15, 0.2) is 12.1 Å². The molecule has 8 nitrogen and oxygen atoms in total. The first-order chi connectivity index (χ1) is 14.3. The van der Waals surface area contributed by atoms with E-state index in [1.165, 1.54) is 5.01 Å². The minimum Gasteiger partial charge on any atom is -0.324 e. The van der Waals surface area contributed by atoms with Crippen LogP contribution in [0.5, 0.6) is 0 Å². The van der Waals surface area contributed by atoms with Crippen LogP contribution >= 0.6 is 0 Å².